The van der Waals surface area contributed by atoms with Crippen LogP contribution in [0, 0.1) is 0 Å². The Morgan fingerprint density at radius 2 is 1.94 bits per heavy atom. The van der Waals surface area contributed by atoms with Crippen molar-refractivity contribution in [2.45, 2.75) is 6.61 Å². The van der Waals surface area contributed by atoms with E-state index in [0.29, 0.717) is 22.6 Å². The van der Waals surface area contributed by atoms with Gasteiger partial charge in [0.05, 0.1) is 30.7 Å². The van der Waals surface area contributed by atoms with E-state index in [1.165, 1.54) is 26.4 Å². The SMILES string of the molecule is COCCN1C(=O)S/C(=C/c2cccc(OC)c2OCc2cccc(C(=O)O)c2)C1=O. The van der Waals surface area contributed by atoms with E-state index < -0.39 is 11.9 Å². The largest absolute Gasteiger partial charge is 0.493 e. The first-order chi connectivity index (χ1) is 14.9. The highest BCUT2D eigenvalue weighted by atomic mass is 32.2. The van der Waals surface area contributed by atoms with Gasteiger partial charge in [0.2, 0.25) is 0 Å². The number of amides is 2. The molecule has 1 aliphatic heterocycles. The summed E-state index contributed by atoms with van der Waals surface area (Å²) in [5, 5.41) is 8.80. The molecule has 31 heavy (non-hydrogen) atoms. The van der Waals surface area contributed by atoms with E-state index in [1.807, 2.05) is 0 Å². The van der Waals surface area contributed by atoms with Crippen molar-refractivity contribution in [3.05, 3.63) is 64.1 Å². The van der Waals surface area contributed by atoms with Crippen molar-refractivity contribution in [2.75, 3.05) is 27.4 Å². The Morgan fingerprint density at radius 3 is 2.65 bits per heavy atom. The average Bonchev–Trinajstić information content (AvgIpc) is 3.03. The van der Waals surface area contributed by atoms with Gasteiger partial charge in [0.15, 0.2) is 11.5 Å². The number of carboxylic acids is 1. The molecule has 0 aliphatic carbocycles. The van der Waals surface area contributed by atoms with Gasteiger partial charge >= 0.3 is 5.97 Å². The molecule has 0 spiro atoms. The number of hydrogen-bond donors (Lipinski definition) is 1. The van der Waals surface area contributed by atoms with Crippen LogP contribution in [0.5, 0.6) is 11.5 Å². The molecule has 0 unspecified atom stereocenters. The fraction of sp³-hybridized carbons (Fsp3) is 0.227. The van der Waals surface area contributed by atoms with Crippen LogP contribution in [0.1, 0.15) is 21.5 Å². The van der Waals surface area contributed by atoms with Crippen molar-refractivity contribution in [2.24, 2.45) is 0 Å². The van der Waals surface area contributed by atoms with Crippen molar-refractivity contribution in [1.29, 1.82) is 0 Å². The number of carbonyl (C=O) groups is 3. The Kier molecular flexibility index (Phi) is 7.32. The molecule has 1 aliphatic rings. The van der Waals surface area contributed by atoms with Gasteiger partial charge in [-0.1, -0.05) is 24.3 Å². The first kappa shape index (κ1) is 22.4. The van der Waals surface area contributed by atoms with E-state index in [4.69, 9.17) is 19.3 Å². The summed E-state index contributed by atoms with van der Waals surface area (Å²) in [6.45, 7) is 0.534. The number of carboxylic acid groups (broad SMARTS) is 1. The molecule has 1 heterocycles. The second-order valence-electron chi connectivity index (χ2n) is 6.50. The molecule has 0 atom stereocenters. The molecule has 2 aromatic rings. The van der Waals surface area contributed by atoms with Gasteiger partial charge in [-0.3, -0.25) is 14.5 Å². The van der Waals surface area contributed by atoms with E-state index >= 15 is 0 Å². The molecule has 1 saturated heterocycles. The average molecular weight is 443 g/mol. The van der Waals surface area contributed by atoms with E-state index in [1.54, 1.807) is 36.4 Å². The molecule has 3 rings (SSSR count). The first-order valence-corrected chi connectivity index (χ1v) is 10.1. The molecular weight excluding hydrogens is 422 g/mol. The third kappa shape index (κ3) is 5.25. The number of aromatic carboxylic acids is 1. The standard InChI is InChI=1S/C22H21NO7S/c1-28-10-9-23-20(24)18(31-22(23)27)12-15-6-4-8-17(29-2)19(15)30-13-14-5-3-7-16(11-14)21(25)26/h3-8,11-12H,9-10,13H2,1-2H3,(H,25,26)/b18-12+. The van der Waals surface area contributed by atoms with Crippen molar-refractivity contribution < 1.29 is 33.7 Å². The lowest BCUT2D eigenvalue weighted by molar-refractivity contribution is -0.123. The maximum Gasteiger partial charge on any atom is 0.335 e. The summed E-state index contributed by atoms with van der Waals surface area (Å²) in [4.78, 5) is 37.4. The van der Waals surface area contributed by atoms with Gasteiger partial charge in [0, 0.05) is 12.7 Å². The minimum absolute atomic E-state index is 0.0949. The van der Waals surface area contributed by atoms with Crippen LogP contribution in [0.2, 0.25) is 0 Å². The third-order valence-corrected chi connectivity index (χ3v) is 5.37. The number of methoxy groups -OCH3 is 2. The molecule has 0 aromatic heterocycles. The Morgan fingerprint density at radius 1 is 1.16 bits per heavy atom. The Bertz CT molecular complexity index is 1030. The topological polar surface area (TPSA) is 102 Å². The van der Waals surface area contributed by atoms with Gasteiger partial charge < -0.3 is 19.3 Å². The number of imide groups is 1. The van der Waals surface area contributed by atoms with Gasteiger partial charge in [0.25, 0.3) is 11.1 Å². The molecule has 9 heteroatoms. The molecule has 162 valence electrons. The van der Waals surface area contributed by atoms with Crippen molar-refractivity contribution in [3.8, 4) is 11.5 Å². The molecule has 0 radical (unpaired) electrons. The summed E-state index contributed by atoms with van der Waals surface area (Å²) >= 11 is 0.850. The van der Waals surface area contributed by atoms with Crippen LogP contribution in [0.3, 0.4) is 0 Å². The van der Waals surface area contributed by atoms with Crippen molar-refractivity contribution in [3.63, 3.8) is 0 Å². The third-order valence-electron chi connectivity index (χ3n) is 4.47. The maximum atomic E-state index is 12.6. The van der Waals surface area contributed by atoms with Gasteiger partial charge in [-0.05, 0) is 41.6 Å². The quantitative estimate of drug-likeness (QED) is 0.586. The number of hydrogen-bond acceptors (Lipinski definition) is 7. The number of carbonyl (C=O) groups excluding carboxylic acids is 2. The van der Waals surface area contributed by atoms with Gasteiger partial charge in [-0.2, -0.15) is 0 Å². The number of para-hydroxylation sites is 1. The summed E-state index contributed by atoms with van der Waals surface area (Å²) < 4.78 is 16.3. The lowest BCUT2D eigenvalue weighted by Crippen LogP contribution is -2.31. The number of thioether (sulfide) groups is 1. The van der Waals surface area contributed by atoms with E-state index in [0.717, 1.165) is 16.7 Å². The first-order valence-electron chi connectivity index (χ1n) is 9.31. The molecular formula is C22H21NO7S. The van der Waals surface area contributed by atoms with Crippen molar-refractivity contribution in [1.82, 2.24) is 4.90 Å². The Labute approximate surface area is 183 Å². The van der Waals surface area contributed by atoms with Crippen LogP contribution in [-0.2, 0) is 16.1 Å². The molecule has 1 fully saturated rings. The number of nitrogens with zero attached hydrogens (tertiary/aromatic N) is 1. The summed E-state index contributed by atoms with van der Waals surface area (Å²) in [5.74, 6) is -0.588. The Balaban J connectivity index is 1.87. The monoisotopic (exact) mass is 443 g/mol. The molecule has 0 saturated carbocycles. The lowest BCUT2D eigenvalue weighted by Gasteiger charge is -2.14. The van der Waals surface area contributed by atoms with Crippen LogP contribution in [0.4, 0.5) is 4.79 Å². The van der Waals surface area contributed by atoms with Crippen LogP contribution in [-0.4, -0.2) is 54.5 Å². The van der Waals surface area contributed by atoms with Gasteiger partial charge in [0.1, 0.15) is 6.61 Å². The Hall–Kier alpha value is -3.30. The minimum atomic E-state index is -1.02. The molecule has 0 bridgehead atoms. The van der Waals surface area contributed by atoms with E-state index in [-0.39, 0.29) is 35.5 Å². The lowest BCUT2D eigenvalue weighted by atomic mass is 10.1. The second-order valence-corrected chi connectivity index (χ2v) is 7.49. The smallest absolute Gasteiger partial charge is 0.335 e. The van der Waals surface area contributed by atoms with E-state index in [2.05, 4.69) is 0 Å². The zero-order valence-corrected chi connectivity index (χ0v) is 17.8. The maximum absolute atomic E-state index is 12.6. The summed E-state index contributed by atoms with van der Waals surface area (Å²) in [7, 11) is 3.00. The summed E-state index contributed by atoms with van der Waals surface area (Å²) in [6, 6.07) is 11.6. The predicted octanol–water partition coefficient (Wildman–Crippen LogP) is 3.66. The van der Waals surface area contributed by atoms with Gasteiger partial charge in [-0.25, -0.2) is 4.79 Å². The molecule has 8 nitrogen and oxygen atoms in total. The highest BCUT2D eigenvalue weighted by Gasteiger charge is 2.34. The van der Waals surface area contributed by atoms with Gasteiger partial charge in [-0.15, -0.1) is 0 Å². The fourth-order valence-corrected chi connectivity index (χ4v) is 3.78. The minimum Gasteiger partial charge on any atom is -0.493 e. The van der Waals surface area contributed by atoms with Crippen LogP contribution < -0.4 is 9.47 Å². The molecule has 2 aromatic carbocycles. The van der Waals surface area contributed by atoms with E-state index in [9.17, 15) is 14.4 Å². The van der Waals surface area contributed by atoms with Crippen LogP contribution in [0.15, 0.2) is 47.4 Å². The normalized spacial score (nSPS) is 14.9. The molecule has 2 amide bonds. The van der Waals surface area contributed by atoms with Crippen LogP contribution in [0.25, 0.3) is 6.08 Å². The summed E-state index contributed by atoms with van der Waals surface area (Å²) in [6.07, 6.45) is 1.59. The van der Waals surface area contributed by atoms with Crippen LogP contribution >= 0.6 is 11.8 Å². The predicted molar refractivity (Wildman–Crippen MR) is 115 cm³/mol. The zero-order chi connectivity index (χ0) is 22.4. The zero-order valence-electron chi connectivity index (χ0n) is 17.0. The second kappa shape index (κ2) is 10.1. The fourth-order valence-electron chi connectivity index (χ4n) is 2.93. The highest BCUT2D eigenvalue weighted by molar-refractivity contribution is 8.18. The van der Waals surface area contributed by atoms with Crippen molar-refractivity contribution >= 4 is 35.0 Å². The number of rotatable bonds is 9. The summed E-state index contributed by atoms with van der Waals surface area (Å²) in [5.41, 5.74) is 1.38. The molecule has 1 N–H and O–H groups in total. The number of ether oxygens (including phenoxy) is 3. The number of benzene rings is 2. The highest BCUT2D eigenvalue weighted by Crippen LogP contribution is 2.37.